The summed E-state index contributed by atoms with van der Waals surface area (Å²) in [6, 6.07) is 6.47. The van der Waals surface area contributed by atoms with Crippen molar-refractivity contribution in [3.05, 3.63) is 34.4 Å². The molecular formula is C15H19NO4. The molecule has 0 radical (unpaired) electrons. The van der Waals surface area contributed by atoms with Gasteiger partial charge in [0.2, 0.25) is 0 Å². The van der Waals surface area contributed by atoms with E-state index in [2.05, 4.69) is 0 Å². The fourth-order valence-electron chi connectivity index (χ4n) is 3.62. The zero-order chi connectivity index (χ0) is 14.2. The Kier molecular flexibility index (Phi) is 3.38. The van der Waals surface area contributed by atoms with Gasteiger partial charge in [-0.3, -0.25) is 10.1 Å². The van der Waals surface area contributed by atoms with Gasteiger partial charge in [0.1, 0.15) is 6.10 Å². The summed E-state index contributed by atoms with van der Waals surface area (Å²) in [5.74, 6) is 0.319. The van der Waals surface area contributed by atoms with E-state index in [0.717, 1.165) is 25.7 Å². The molecule has 2 fully saturated rings. The van der Waals surface area contributed by atoms with Gasteiger partial charge in [-0.2, -0.15) is 0 Å². The Bertz CT molecular complexity index is 510. The lowest BCUT2D eigenvalue weighted by molar-refractivity contribution is -0.386. The number of benzene rings is 1. The van der Waals surface area contributed by atoms with Gasteiger partial charge in [0.15, 0.2) is 5.75 Å². The van der Waals surface area contributed by atoms with Crippen LogP contribution in [0, 0.1) is 15.5 Å². The average molecular weight is 277 g/mol. The molecule has 2 aliphatic carbocycles. The van der Waals surface area contributed by atoms with Crippen molar-refractivity contribution in [2.24, 2.45) is 5.41 Å². The smallest absolute Gasteiger partial charge is 0.310 e. The Labute approximate surface area is 117 Å². The van der Waals surface area contributed by atoms with Gasteiger partial charge in [0, 0.05) is 17.9 Å². The number of nitrogens with zero attached hydrogens (tertiary/aromatic N) is 1. The lowest BCUT2D eigenvalue weighted by Crippen LogP contribution is -2.60. The Morgan fingerprint density at radius 1 is 1.25 bits per heavy atom. The number of hydrogen-bond acceptors (Lipinski definition) is 4. The summed E-state index contributed by atoms with van der Waals surface area (Å²) in [5.41, 5.74) is -0.179. The first-order chi connectivity index (χ1) is 9.63. The highest BCUT2D eigenvalue weighted by atomic mass is 16.6. The molecule has 2 atom stereocenters. The maximum Gasteiger partial charge on any atom is 0.310 e. The molecule has 0 bridgehead atoms. The van der Waals surface area contributed by atoms with Gasteiger partial charge in [-0.15, -0.1) is 0 Å². The first-order valence-corrected chi connectivity index (χ1v) is 7.22. The molecule has 0 heterocycles. The topological polar surface area (TPSA) is 72.6 Å². The molecule has 1 spiro atoms. The molecule has 2 aliphatic rings. The van der Waals surface area contributed by atoms with Crippen molar-refractivity contribution in [3.8, 4) is 5.75 Å². The van der Waals surface area contributed by atoms with Gasteiger partial charge >= 0.3 is 5.69 Å². The predicted octanol–water partition coefficient (Wildman–Crippen LogP) is 3.06. The van der Waals surface area contributed by atoms with Gasteiger partial charge in [0.05, 0.1) is 11.0 Å². The first kappa shape index (κ1) is 13.4. The van der Waals surface area contributed by atoms with Crippen molar-refractivity contribution in [2.75, 3.05) is 0 Å². The normalized spacial score (nSPS) is 27.9. The number of nitro benzene ring substituents is 1. The van der Waals surface area contributed by atoms with E-state index in [1.807, 2.05) is 0 Å². The van der Waals surface area contributed by atoms with Crippen LogP contribution in [0.5, 0.6) is 5.75 Å². The maximum atomic E-state index is 11.0. The van der Waals surface area contributed by atoms with Crippen molar-refractivity contribution in [3.63, 3.8) is 0 Å². The van der Waals surface area contributed by atoms with E-state index < -0.39 is 4.92 Å². The third kappa shape index (κ3) is 2.06. The lowest BCUT2D eigenvalue weighted by atomic mass is 9.56. The molecule has 0 aromatic heterocycles. The van der Waals surface area contributed by atoms with Gasteiger partial charge < -0.3 is 9.84 Å². The van der Waals surface area contributed by atoms with E-state index in [9.17, 15) is 15.2 Å². The van der Waals surface area contributed by atoms with Crippen LogP contribution >= 0.6 is 0 Å². The van der Waals surface area contributed by atoms with Crippen LogP contribution in [0.1, 0.15) is 38.5 Å². The average Bonchev–Trinajstić information content (AvgIpc) is 2.48. The molecule has 1 aromatic rings. The summed E-state index contributed by atoms with van der Waals surface area (Å²) >= 11 is 0. The Hall–Kier alpha value is -1.62. The second-order valence-electron chi connectivity index (χ2n) is 5.88. The lowest BCUT2D eigenvalue weighted by Gasteiger charge is -2.54. The van der Waals surface area contributed by atoms with E-state index in [-0.39, 0.29) is 23.3 Å². The fraction of sp³-hybridized carbons (Fsp3) is 0.600. The predicted molar refractivity (Wildman–Crippen MR) is 73.7 cm³/mol. The minimum Gasteiger partial charge on any atom is -0.483 e. The molecule has 1 N–H and O–H groups in total. The Morgan fingerprint density at radius 2 is 1.95 bits per heavy atom. The summed E-state index contributed by atoms with van der Waals surface area (Å²) in [6.07, 6.45) is 5.48. The highest BCUT2D eigenvalue weighted by molar-refractivity contribution is 5.46. The second kappa shape index (κ2) is 5.05. The molecule has 2 unspecified atom stereocenters. The van der Waals surface area contributed by atoms with Crippen molar-refractivity contribution < 1.29 is 14.8 Å². The number of hydrogen-bond donors (Lipinski definition) is 1. The van der Waals surface area contributed by atoms with Gasteiger partial charge in [-0.1, -0.05) is 31.4 Å². The molecule has 108 valence electrons. The maximum absolute atomic E-state index is 11.0. The summed E-state index contributed by atoms with van der Waals surface area (Å²) in [6.45, 7) is 0. The molecule has 3 rings (SSSR count). The number of aliphatic hydroxyl groups is 1. The van der Waals surface area contributed by atoms with Crippen LogP contribution in [0.4, 0.5) is 5.69 Å². The quantitative estimate of drug-likeness (QED) is 0.680. The monoisotopic (exact) mass is 277 g/mol. The minimum atomic E-state index is -0.419. The van der Waals surface area contributed by atoms with E-state index in [1.54, 1.807) is 18.2 Å². The minimum absolute atomic E-state index is 0.000140. The third-order valence-electron chi connectivity index (χ3n) is 4.86. The Balaban J connectivity index is 1.80. The van der Waals surface area contributed by atoms with Crippen LogP contribution in [0.3, 0.4) is 0 Å². The number of para-hydroxylation sites is 2. The molecular weight excluding hydrogens is 258 g/mol. The molecule has 0 aliphatic heterocycles. The molecule has 20 heavy (non-hydrogen) atoms. The van der Waals surface area contributed by atoms with Crippen molar-refractivity contribution in [2.45, 2.75) is 50.7 Å². The first-order valence-electron chi connectivity index (χ1n) is 7.22. The van der Waals surface area contributed by atoms with E-state index >= 15 is 0 Å². The van der Waals surface area contributed by atoms with Gasteiger partial charge in [-0.05, 0) is 18.9 Å². The molecule has 1 aromatic carbocycles. The van der Waals surface area contributed by atoms with Crippen LogP contribution in [-0.4, -0.2) is 22.2 Å². The van der Waals surface area contributed by atoms with Gasteiger partial charge in [0.25, 0.3) is 0 Å². The summed E-state index contributed by atoms with van der Waals surface area (Å²) in [5, 5.41) is 21.2. The number of rotatable bonds is 3. The molecule has 5 nitrogen and oxygen atoms in total. The van der Waals surface area contributed by atoms with Crippen molar-refractivity contribution in [1.29, 1.82) is 0 Å². The molecule has 0 amide bonds. The molecule has 2 saturated carbocycles. The van der Waals surface area contributed by atoms with E-state index in [1.165, 1.54) is 12.5 Å². The highest BCUT2D eigenvalue weighted by Gasteiger charge is 2.56. The zero-order valence-electron chi connectivity index (χ0n) is 11.3. The molecule has 0 saturated heterocycles. The van der Waals surface area contributed by atoms with Crippen molar-refractivity contribution in [1.82, 2.24) is 0 Å². The second-order valence-corrected chi connectivity index (χ2v) is 5.88. The van der Waals surface area contributed by atoms with Crippen LogP contribution in [0.15, 0.2) is 24.3 Å². The number of aliphatic hydroxyl groups excluding tert-OH is 1. The summed E-state index contributed by atoms with van der Waals surface area (Å²) in [7, 11) is 0. The number of nitro groups is 1. The Morgan fingerprint density at radius 3 is 2.60 bits per heavy atom. The van der Waals surface area contributed by atoms with Crippen LogP contribution in [0.2, 0.25) is 0 Å². The highest BCUT2D eigenvalue weighted by Crippen LogP contribution is 2.53. The van der Waals surface area contributed by atoms with E-state index in [4.69, 9.17) is 4.74 Å². The van der Waals surface area contributed by atoms with Crippen LogP contribution in [-0.2, 0) is 0 Å². The SMILES string of the molecule is O=[N+]([O-])c1ccccc1OC1CC(O)C12CCCCC2. The largest absolute Gasteiger partial charge is 0.483 e. The number of ether oxygens (including phenoxy) is 1. The van der Waals surface area contributed by atoms with Crippen LogP contribution < -0.4 is 4.74 Å². The standard InChI is InChI=1S/C15H19NO4/c17-13-10-14(15(13)8-4-1-5-9-15)20-12-7-3-2-6-11(12)16(18)19/h2-3,6-7,13-14,17H,1,4-5,8-10H2. The van der Waals surface area contributed by atoms with Crippen LogP contribution in [0.25, 0.3) is 0 Å². The van der Waals surface area contributed by atoms with E-state index in [0.29, 0.717) is 12.2 Å². The fourth-order valence-corrected chi connectivity index (χ4v) is 3.62. The third-order valence-corrected chi connectivity index (χ3v) is 4.86. The zero-order valence-corrected chi connectivity index (χ0v) is 11.3. The van der Waals surface area contributed by atoms with Gasteiger partial charge in [-0.25, -0.2) is 0 Å². The summed E-state index contributed by atoms with van der Waals surface area (Å²) in [4.78, 5) is 10.6. The van der Waals surface area contributed by atoms with Crippen molar-refractivity contribution >= 4 is 5.69 Å². The summed E-state index contributed by atoms with van der Waals surface area (Å²) < 4.78 is 5.90. The molecule has 5 heteroatoms.